The monoisotopic (exact) mass is 264 g/mol. The fraction of sp³-hybridized carbons (Fsp3) is 0.625. The highest BCUT2D eigenvalue weighted by Crippen LogP contribution is 2.30. The van der Waals surface area contributed by atoms with E-state index in [1.165, 1.54) is 0 Å². The molecule has 1 saturated carbocycles. The third kappa shape index (κ3) is 3.71. The average molecular weight is 264 g/mol. The van der Waals surface area contributed by atoms with Crippen LogP contribution < -0.4 is 4.74 Å². The normalized spacial score (nSPS) is 25.7. The minimum Gasteiger partial charge on any atom is -0.487 e. The molecule has 0 bridgehead atoms. The standard InChI is InChI=1S/C16H24O3/c1-11-8-9-13(12(2)17)16(10-11)19-15-7-5-3-4-6-14(15)18/h8-10,12,14-15,17-18H,3-7H2,1-2H3/t12-,14?,15?/m1/s1. The molecule has 19 heavy (non-hydrogen) atoms. The summed E-state index contributed by atoms with van der Waals surface area (Å²) < 4.78 is 6.01. The third-order valence-corrected chi connectivity index (χ3v) is 3.82. The van der Waals surface area contributed by atoms with Crippen molar-refractivity contribution in [3.05, 3.63) is 29.3 Å². The Kier molecular flexibility index (Phi) is 4.83. The lowest BCUT2D eigenvalue weighted by molar-refractivity contribution is 0.0299. The minimum atomic E-state index is -0.557. The second-order valence-electron chi connectivity index (χ2n) is 5.58. The Morgan fingerprint density at radius 1 is 1.21 bits per heavy atom. The Hall–Kier alpha value is -1.06. The van der Waals surface area contributed by atoms with Crippen molar-refractivity contribution in [2.45, 2.75) is 64.3 Å². The van der Waals surface area contributed by atoms with Gasteiger partial charge in [0.05, 0.1) is 12.2 Å². The number of hydrogen-bond donors (Lipinski definition) is 2. The predicted octanol–water partition coefficient (Wildman–Crippen LogP) is 3.12. The molecule has 0 radical (unpaired) electrons. The summed E-state index contributed by atoms with van der Waals surface area (Å²) >= 11 is 0. The van der Waals surface area contributed by atoms with Crippen molar-refractivity contribution in [2.24, 2.45) is 0 Å². The lowest BCUT2D eigenvalue weighted by Gasteiger charge is -2.24. The number of aliphatic hydroxyl groups excluding tert-OH is 2. The molecule has 1 aliphatic rings. The Morgan fingerprint density at radius 2 is 1.95 bits per heavy atom. The van der Waals surface area contributed by atoms with Crippen LogP contribution in [-0.4, -0.2) is 22.4 Å². The molecule has 2 rings (SSSR count). The zero-order valence-corrected chi connectivity index (χ0v) is 11.8. The van der Waals surface area contributed by atoms with Crippen molar-refractivity contribution in [3.63, 3.8) is 0 Å². The van der Waals surface area contributed by atoms with Gasteiger partial charge in [-0.2, -0.15) is 0 Å². The van der Waals surface area contributed by atoms with Crippen molar-refractivity contribution in [1.82, 2.24) is 0 Å². The van der Waals surface area contributed by atoms with E-state index >= 15 is 0 Å². The van der Waals surface area contributed by atoms with E-state index in [0.29, 0.717) is 5.75 Å². The first kappa shape index (κ1) is 14.4. The second kappa shape index (κ2) is 6.40. The molecule has 106 valence electrons. The highest BCUT2D eigenvalue weighted by Gasteiger charge is 2.24. The van der Waals surface area contributed by atoms with E-state index in [-0.39, 0.29) is 6.10 Å². The molecule has 1 fully saturated rings. The highest BCUT2D eigenvalue weighted by molar-refractivity contribution is 5.38. The molecule has 1 aromatic rings. The lowest BCUT2D eigenvalue weighted by atomic mass is 10.1. The topological polar surface area (TPSA) is 49.7 Å². The molecule has 1 aliphatic carbocycles. The van der Waals surface area contributed by atoms with Gasteiger partial charge in [0, 0.05) is 5.56 Å². The van der Waals surface area contributed by atoms with Crippen LogP contribution in [0.15, 0.2) is 18.2 Å². The smallest absolute Gasteiger partial charge is 0.125 e. The number of aliphatic hydroxyl groups is 2. The van der Waals surface area contributed by atoms with Gasteiger partial charge in [0.2, 0.25) is 0 Å². The molecular weight excluding hydrogens is 240 g/mol. The highest BCUT2D eigenvalue weighted by atomic mass is 16.5. The minimum absolute atomic E-state index is 0.151. The summed E-state index contributed by atoms with van der Waals surface area (Å²) in [6, 6.07) is 5.82. The molecule has 0 saturated heterocycles. The maximum atomic E-state index is 10.1. The van der Waals surface area contributed by atoms with E-state index < -0.39 is 12.2 Å². The van der Waals surface area contributed by atoms with Crippen LogP contribution >= 0.6 is 0 Å². The van der Waals surface area contributed by atoms with Crippen molar-refractivity contribution >= 4 is 0 Å². The van der Waals surface area contributed by atoms with Gasteiger partial charge in [-0.15, -0.1) is 0 Å². The van der Waals surface area contributed by atoms with Crippen LogP contribution in [0.5, 0.6) is 5.75 Å². The SMILES string of the molecule is Cc1ccc([C@@H](C)O)c(OC2CCCCCC2O)c1. The molecule has 0 amide bonds. The summed E-state index contributed by atoms with van der Waals surface area (Å²) in [6.07, 6.45) is 3.91. The van der Waals surface area contributed by atoms with Gasteiger partial charge >= 0.3 is 0 Å². The summed E-state index contributed by atoms with van der Waals surface area (Å²) in [7, 11) is 0. The number of rotatable bonds is 3. The van der Waals surface area contributed by atoms with E-state index in [1.54, 1.807) is 6.92 Å². The Labute approximate surface area is 115 Å². The number of hydrogen-bond acceptors (Lipinski definition) is 3. The van der Waals surface area contributed by atoms with Gasteiger partial charge in [0.15, 0.2) is 0 Å². The van der Waals surface area contributed by atoms with E-state index in [2.05, 4.69) is 0 Å². The second-order valence-corrected chi connectivity index (χ2v) is 5.58. The molecule has 1 aromatic carbocycles. The van der Waals surface area contributed by atoms with Gasteiger partial charge < -0.3 is 14.9 Å². The van der Waals surface area contributed by atoms with Crippen LogP contribution in [0.25, 0.3) is 0 Å². The zero-order chi connectivity index (χ0) is 13.8. The molecule has 3 atom stereocenters. The van der Waals surface area contributed by atoms with Gasteiger partial charge in [0.25, 0.3) is 0 Å². The molecule has 0 aromatic heterocycles. The van der Waals surface area contributed by atoms with Gasteiger partial charge in [-0.05, 0) is 44.7 Å². The lowest BCUT2D eigenvalue weighted by Crippen LogP contribution is -2.30. The van der Waals surface area contributed by atoms with Crippen molar-refractivity contribution < 1.29 is 14.9 Å². The van der Waals surface area contributed by atoms with E-state index in [0.717, 1.165) is 43.2 Å². The van der Waals surface area contributed by atoms with Crippen molar-refractivity contribution in [3.8, 4) is 5.75 Å². The maximum absolute atomic E-state index is 10.1. The largest absolute Gasteiger partial charge is 0.487 e. The predicted molar refractivity (Wildman–Crippen MR) is 75.3 cm³/mol. The molecule has 2 N–H and O–H groups in total. The van der Waals surface area contributed by atoms with Gasteiger partial charge in [-0.25, -0.2) is 0 Å². The number of ether oxygens (including phenoxy) is 1. The van der Waals surface area contributed by atoms with Crippen LogP contribution in [0.1, 0.15) is 56.3 Å². The molecule has 2 unspecified atom stereocenters. The van der Waals surface area contributed by atoms with Crippen LogP contribution in [0.3, 0.4) is 0 Å². The fourth-order valence-electron chi connectivity index (χ4n) is 2.64. The van der Waals surface area contributed by atoms with Crippen LogP contribution in [0.2, 0.25) is 0 Å². The Balaban J connectivity index is 2.18. The van der Waals surface area contributed by atoms with Crippen LogP contribution in [0, 0.1) is 6.92 Å². The fourth-order valence-corrected chi connectivity index (χ4v) is 2.64. The summed E-state index contributed by atoms with van der Waals surface area (Å²) in [5.74, 6) is 0.709. The molecular formula is C16H24O3. The van der Waals surface area contributed by atoms with E-state index in [4.69, 9.17) is 4.74 Å². The summed E-state index contributed by atoms with van der Waals surface area (Å²) in [4.78, 5) is 0. The van der Waals surface area contributed by atoms with Gasteiger partial charge in [-0.1, -0.05) is 25.0 Å². The molecule has 3 nitrogen and oxygen atoms in total. The Morgan fingerprint density at radius 3 is 2.68 bits per heavy atom. The first-order valence-corrected chi connectivity index (χ1v) is 7.21. The molecule has 0 aliphatic heterocycles. The quantitative estimate of drug-likeness (QED) is 0.825. The van der Waals surface area contributed by atoms with Crippen molar-refractivity contribution in [2.75, 3.05) is 0 Å². The molecule has 3 heteroatoms. The van der Waals surface area contributed by atoms with Crippen molar-refractivity contribution in [1.29, 1.82) is 0 Å². The van der Waals surface area contributed by atoms with Crippen LogP contribution in [0.4, 0.5) is 0 Å². The summed E-state index contributed by atoms with van der Waals surface area (Å²) in [6.45, 7) is 3.74. The first-order valence-electron chi connectivity index (χ1n) is 7.21. The average Bonchev–Trinajstić information content (AvgIpc) is 2.55. The van der Waals surface area contributed by atoms with E-state index in [1.807, 2.05) is 25.1 Å². The molecule has 0 heterocycles. The number of aryl methyl sites for hydroxylation is 1. The van der Waals surface area contributed by atoms with Gasteiger partial charge in [0.1, 0.15) is 11.9 Å². The van der Waals surface area contributed by atoms with E-state index in [9.17, 15) is 10.2 Å². The first-order chi connectivity index (χ1) is 9.08. The zero-order valence-electron chi connectivity index (χ0n) is 11.8. The maximum Gasteiger partial charge on any atom is 0.125 e. The third-order valence-electron chi connectivity index (χ3n) is 3.82. The summed E-state index contributed by atoms with van der Waals surface area (Å²) in [5.41, 5.74) is 1.89. The number of benzene rings is 1. The summed E-state index contributed by atoms with van der Waals surface area (Å²) in [5, 5.41) is 19.9. The Bertz CT molecular complexity index is 414. The molecule has 0 spiro atoms. The van der Waals surface area contributed by atoms with Gasteiger partial charge in [-0.3, -0.25) is 0 Å². The van der Waals surface area contributed by atoms with Crippen LogP contribution in [-0.2, 0) is 0 Å².